The Morgan fingerprint density at radius 3 is 2.07 bits per heavy atom. The van der Waals surface area contributed by atoms with Crippen LogP contribution in [-0.4, -0.2) is 51.5 Å². The van der Waals surface area contributed by atoms with Crippen molar-refractivity contribution in [3.63, 3.8) is 0 Å². The molecular weight excluding hydrogens is 348 g/mol. The van der Waals surface area contributed by atoms with Gasteiger partial charge in [-0.2, -0.15) is 0 Å². The van der Waals surface area contributed by atoms with Crippen LogP contribution in [0.2, 0.25) is 5.04 Å². The Morgan fingerprint density at radius 1 is 0.926 bits per heavy atom. The van der Waals surface area contributed by atoms with E-state index in [0.29, 0.717) is 12.1 Å². The van der Waals surface area contributed by atoms with E-state index >= 15 is 0 Å². The van der Waals surface area contributed by atoms with Crippen molar-refractivity contribution in [3.8, 4) is 0 Å². The van der Waals surface area contributed by atoms with Crippen LogP contribution in [0.15, 0.2) is 60.7 Å². The van der Waals surface area contributed by atoms with Crippen LogP contribution in [0.1, 0.15) is 27.2 Å². The topological polar surface area (TPSA) is 24.5 Å². The molecule has 0 saturated carbocycles. The summed E-state index contributed by atoms with van der Waals surface area (Å²) < 4.78 is 7.36. The zero-order valence-corrected chi connectivity index (χ0v) is 17.8. The Morgan fingerprint density at radius 2 is 1.52 bits per heavy atom. The molecule has 2 atom stereocenters. The van der Waals surface area contributed by atoms with Gasteiger partial charge in [0.2, 0.25) is 0 Å². The lowest BCUT2D eigenvalue weighted by Gasteiger charge is -2.46. The fourth-order valence-electron chi connectivity index (χ4n) is 4.95. The van der Waals surface area contributed by atoms with Crippen LogP contribution in [0.5, 0.6) is 0 Å². The van der Waals surface area contributed by atoms with Gasteiger partial charge in [-0.05, 0) is 21.8 Å². The molecule has 4 rings (SSSR count). The quantitative estimate of drug-likeness (QED) is 0.825. The first-order valence-corrected chi connectivity index (χ1v) is 12.2. The van der Waals surface area contributed by atoms with Gasteiger partial charge in [0, 0.05) is 32.2 Å². The van der Waals surface area contributed by atoms with Crippen LogP contribution in [0.4, 0.5) is 0 Å². The first-order valence-electron chi connectivity index (χ1n) is 10.3. The van der Waals surface area contributed by atoms with E-state index in [2.05, 4.69) is 91.7 Å². The molecule has 27 heavy (non-hydrogen) atoms. The van der Waals surface area contributed by atoms with Crippen LogP contribution < -0.4 is 15.7 Å². The van der Waals surface area contributed by atoms with Crippen molar-refractivity contribution in [2.75, 3.05) is 26.2 Å². The predicted molar refractivity (Wildman–Crippen MR) is 115 cm³/mol. The van der Waals surface area contributed by atoms with Crippen LogP contribution in [0.25, 0.3) is 0 Å². The van der Waals surface area contributed by atoms with Gasteiger partial charge in [-0.15, -0.1) is 0 Å². The van der Waals surface area contributed by atoms with Gasteiger partial charge >= 0.3 is 0 Å². The third kappa shape index (κ3) is 3.40. The monoisotopic (exact) mass is 380 g/mol. The molecular formula is C23H32N2OSi. The molecule has 2 aliphatic heterocycles. The zero-order valence-electron chi connectivity index (χ0n) is 16.8. The highest BCUT2D eigenvalue weighted by Crippen LogP contribution is 2.39. The van der Waals surface area contributed by atoms with Gasteiger partial charge < -0.3 is 9.74 Å². The fraction of sp³-hybridized carbons (Fsp3) is 0.478. The van der Waals surface area contributed by atoms with Crippen molar-refractivity contribution in [2.24, 2.45) is 0 Å². The number of nitrogens with zero attached hydrogens (tertiary/aromatic N) is 1. The molecule has 0 aliphatic carbocycles. The molecule has 0 spiro atoms. The number of hydrogen-bond acceptors (Lipinski definition) is 3. The summed E-state index contributed by atoms with van der Waals surface area (Å²) in [5.41, 5.74) is 0. The Balaban J connectivity index is 1.80. The van der Waals surface area contributed by atoms with Gasteiger partial charge in [-0.1, -0.05) is 81.4 Å². The van der Waals surface area contributed by atoms with Crippen molar-refractivity contribution in [1.29, 1.82) is 0 Å². The average molecular weight is 381 g/mol. The van der Waals surface area contributed by atoms with Crippen LogP contribution >= 0.6 is 0 Å². The summed E-state index contributed by atoms with van der Waals surface area (Å²) in [5.74, 6) is 0. The molecule has 2 aliphatic rings. The van der Waals surface area contributed by atoms with E-state index in [-0.39, 0.29) is 5.04 Å². The largest absolute Gasteiger partial charge is 0.403 e. The highest BCUT2D eigenvalue weighted by molar-refractivity contribution is 6.99. The second kappa shape index (κ2) is 7.51. The zero-order chi connectivity index (χ0) is 18.9. The maximum absolute atomic E-state index is 7.36. The molecule has 0 amide bonds. The molecule has 4 heteroatoms. The first-order chi connectivity index (χ1) is 13.0. The van der Waals surface area contributed by atoms with Crippen LogP contribution in [-0.2, 0) is 4.43 Å². The Labute approximate surface area is 164 Å². The maximum atomic E-state index is 7.36. The van der Waals surface area contributed by atoms with E-state index < -0.39 is 8.32 Å². The van der Waals surface area contributed by atoms with E-state index in [1.807, 2.05) is 0 Å². The lowest BCUT2D eigenvalue weighted by molar-refractivity contribution is 0.110. The molecule has 0 aromatic heterocycles. The number of benzene rings is 2. The number of fused-ring (bicyclic) bond motifs is 1. The van der Waals surface area contributed by atoms with E-state index in [1.54, 1.807) is 0 Å². The van der Waals surface area contributed by atoms with Gasteiger partial charge in [-0.3, -0.25) is 4.90 Å². The minimum atomic E-state index is -2.45. The van der Waals surface area contributed by atoms with Gasteiger partial charge in [0.25, 0.3) is 8.32 Å². The fourth-order valence-corrected chi connectivity index (χ4v) is 9.70. The first kappa shape index (κ1) is 18.9. The van der Waals surface area contributed by atoms with Gasteiger partial charge in [0.1, 0.15) is 0 Å². The molecule has 3 nitrogen and oxygen atoms in total. The van der Waals surface area contributed by atoms with Crippen molar-refractivity contribution in [3.05, 3.63) is 60.7 Å². The summed E-state index contributed by atoms with van der Waals surface area (Å²) in [6.45, 7) is 11.5. The minimum absolute atomic E-state index is 0.0468. The van der Waals surface area contributed by atoms with E-state index in [9.17, 15) is 0 Å². The molecule has 2 aromatic carbocycles. The summed E-state index contributed by atoms with van der Waals surface area (Å²) in [7, 11) is -2.45. The third-order valence-corrected chi connectivity index (χ3v) is 11.3. The Hall–Kier alpha value is -1.46. The lowest BCUT2D eigenvalue weighted by Crippen LogP contribution is -2.69. The third-order valence-electron chi connectivity index (χ3n) is 6.27. The average Bonchev–Trinajstić information content (AvgIpc) is 3.09. The molecule has 1 N–H and O–H groups in total. The van der Waals surface area contributed by atoms with Crippen molar-refractivity contribution in [2.45, 2.75) is 44.4 Å². The molecule has 0 radical (unpaired) electrons. The van der Waals surface area contributed by atoms with Gasteiger partial charge in [0.05, 0.1) is 6.10 Å². The van der Waals surface area contributed by atoms with E-state index in [0.717, 1.165) is 32.6 Å². The summed E-state index contributed by atoms with van der Waals surface area (Å²) >= 11 is 0. The number of nitrogens with one attached hydrogen (secondary N) is 1. The predicted octanol–water partition coefficient (Wildman–Crippen LogP) is 2.61. The summed E-state index contributed by atoms with van der Waals surface area (Å²) in [5, 5.41) is 6.39. The summed E-state index contributed by atoms with van der Waals surface area (Å²) in [6, 6.07) is 22.5. The molecule has 2 saturated heterocycles. The smallest absolute Gasteiger partial charge is 0.261 e. The van der Waals surface area contributed by atoms with Crippen molar-refractivity contribution >= 4 is 18.7 Å². The lowest BCUT2D eigenvalue weighted by atomic mass is 10.1. The summed E-state index contributed by atoms with van der Waals surface area (Å²) in [4.78, 5) is 2.62. The van der Waals surface area contributed by atoms with Crippen LogP contribution in [0.3, 0.4) is 0 Å². The minimum Gasteiger partial charge on any atom is -0.403 e. The normalized spacial score (nSPS) is 24.0. The molecule has 2 heterocycles. The molecule has 2 fully saturated rings. The Bertz CT molecular complexity index is 704. The molecule has 0 bridgehead atoms. The summed E-state index contributed by atoms with van der Waals surface area (Å²) in [6.07, 6.45) is 1.43. The van der Waals surface area contributed by atoms with Crippen molar-refractivity contribution < 1.29 is 4.43 Å². The number of piperazine rings is 1. The van der Waals surface area contributed by atoms with Gasteiger partial charge in [0.15, 0.2) is 0 Å². The van der Waals surface area contributed by atoms with E-state index in [4.69, 9.17) is 4.43 Å². The van der Waals surface area contributed by atoms with Crippen LogP contribution in [0, 0.1) is 0 Å². The van der Waals surface area contributed by atoms with Gasteiger partial charge in [-0.25, -0.2) is 0 Å². The molecule has 2 unspecified atom stereocenters. The van der Waals surface area contributed by atoms with Crippen molar-refractivity contribution in [1.82, 2.24) is 10.2 Å². The second-order valence-electron chi connectivity index (χ2n) is 8.92. The van der Waals surface area contributed by atoms with E-state index in [1.165, 1.54) is 10.4 Å². The SMILES string of the molecule is CC(C)(C)[Si](OC1CCN2CCNCC12)(c1ccccc1)c1ccccc1. The number of rotatable bonds is 4. The maximum Gasteiger partial charge on any atom is 0.261 e. The number of hydrogen-bond donors (Lipinski definition) is 1. The highest BCUT2D eigenvalue weighted by Gasteiger charge is 2.53. The second-order valence-corrected chi connectivity index (χ2v) is 13.2. The standard InChI is InChI=1S/C23H32N2OSi/c1-23(2,3)27(19-10-6-4-7-11-19,20-12-8-5-9-13-20)26-22-14-16-25-17-15-24-18-21(22)25/h4-13,21-22,24H,14-18H2,1-3H3. The molecule has 144 valence electrons. The molecule has 2 aromatic rings. The Kier molecular flexibility index (Phi) is 5.25. The highest BCUT2D eigenvalue weighted by atomic mass is 28.4.